The summed E-state index contributed by atoms with van der Waals surface area (Å²) in [5.41, 5.74) is 0. The van der Waals surface area contributed by atoms with E-state index in [-0.39, 0.29) is 24.5 Å². The summed E-state index contributed by atoms with van der Waals surface area (Å²) in [7, 11) is 0. The van der Waals surface area contributed by atoms with Gasteiger partial charge in [0.05, 0.1) is 17.9 Å². The van der Waals surface area contributed by atoms with Crippen LogP contribution in [0.2, 0.25) is 0 Å². The van der Waals surface area contributed by atoms with Crippen molar-refractivity contribution in [2.45, 2.75) is 45.1 Å². The van der Waals surface area contributed by atoms with Gasteiger partial charge in [-0.05, 0) is 32.1 Å². The Morgan fingerprint density at radius 3 is 2.68 bits per heavy atom. The number of carbonyl (C=O) groups is 2. The lowest BCUT2D eigenvalue weighted by atomic mass is 9.94. The summed E-state index contributed by atoms with van der Waals surface area (Å²) in [6, 6.07) is 0. The molecule has 108 valence electrons. The van der Waals surface area contributed by atoms with Crippen LogP contribution in [0.3, 0.4) is 0 Å². The molecule has 0 bridgehead atoms. The van der Waals surface area contributed by atoms with Gasteiger partial charge < -0.3 is 15.2 Å². The Morgan fingerprint density at radius 2 is 2.11 bits per heavy atom. The number of carboxylic acids is 1. The zero-order valence-electron chi connectivity index (χ0n) is 11.4. The quantitative estimate of drug-likeness (QED) is 0.764. The summed E-state index contributed by atoms with van der Waals surface area (Å²) in [5, 5.41) is 11.9. The first kappa shape index (κ1) is 14.3. The molecular weight excluding hydrogens is 246 g/mol. The van der Waals surface area contributed by atoms with Gasteiger partial charge >= 0.3 is 5.97 Å². The fraction of sp³-hybridized carbons (Fsp3) is 0.857. The van der Waals surface area contributed by atoms with E-state index in [2.05, 4.69) is 5.32 Å². The molecule has 1 heterocycles. The Balaban J connectivity index is 1.78. The molecule has 1 aliphatic heterocycles. The molecule has 2 aliphatic rings. The summed E-state index contributed by atoms with van der Waals surface area (Å²) in [6.45, 7) is 2.86. The monoisotopic (exact) mass is 269 g/mol. The third-order valence-electron chi connectivity index (χ3n) is 4.13. The van der Waals surface area contributed by atoms with Crippen molar-refractivity contribution in [1.29, 1.82) is 0 Å². The van der Waals surface area contributed by atoms with Gasteiger partial charge in [0.2, 0.25) is 5.91 Å². The van der Waals surface area contributed by atoms with E-state index in [9.17, 15) is 9.59 Å². The Kier molecular flexibility index (Phi) is 4.80. The van der Waals surface area contributed by atoms with Crippen molar-refractivity contribution in [3.8, 4) is 0 Å². The highest BCUT2D eigenvalue weighted by molar-refractivity contribution is 5.80. The summed E-state index contributed by atoms with van der Waals surface area (Å²) in [4.78, 5) is 23.2. The van der Waals surface area contributed by atoms with Gasteiger partial charge in [-0.3, -0.25) is 9.59 Å². The van der Waals surface area contributed by atoms with Crippen LogP contribution in [0.25, 0.3) is 0 Å². The lowest BCUT2D eigenvalue weighted by Gasteiger charge is -2.28. The average molecular weight is 269 g/mol. The van der Waals surface area contributed by atoms with Gasteiger partial charge in [0.15, 0.2) is 0 Å². The molecule has 1 saturated heterocycles. The van der Waals surface area contributed by atoms with Crippen LogP contribution in [0.1, 0.15) is 39.0 Å². The fourth-order valence-corrected chi connectivity index (χ4v) is 2.65. The maximum absolute atomic E-state index is 12.1. The predicted octanol–water partition coefficient (Wildman–Crippen LogP) is 1.42. The molecule has 2 fully saturated rings. The van der Waals surface area contributed by atoms with Crippen molar-refractivity contribution >= 4 is 11.9 Å². The summed E-state index contributed by atoms with van der Waals surface area (Å²) in [5.74, 6) is -0.898. The molecule has 2 N–H and O–H groups in total. The van der Waals surface area contributed by atoms with Crippen LogP contribution in [-0.4, -0.2) is 36.2 Å². The topological polar surface area (TPSA) is 75.6 Å². The summed E-state index contributed by atoms with van der Waals surface area (Å²) < 4.78 is 5.46. The van der Waals surface area contributed by atoms with Gasteiger partial charge in [-0.1, -0.05) is 12.8 Å². The maximum Gasteiger partial charge on any atom is 0.308 e. The fourth-order valence-electron chi connectivity index (χ4n) is 2.65. The van der Waals surface area contributed by atoms with Crippen LogP contribution in [-0.2, 0) is 14.3 Å². The third-order valence-corrected chi connectivity index (χ3v) is 4.13. The number of hydrogen-bond donors (Lipinski definition) is 2. The number of hydrogen-bond acceptors (Lipinski definition) is 3. The van der Waals surface area contributed by atoms with E-state index in [1.54, 1.807) is 0 Å². The second-order valence-corrected chi connectivity index (χ2v) is 5.78. The summed E-state index contributed by atoms with van der Waals surface area (Å²) in [6.07, 6.45) is 4.60. The van der Waals surface area contributed by atoms with Crippen molar-refractivity contribution in [1.82, 2.24) is 5.32 Å². The number of ether oxygens (including phenoxy) is 1. The predicted molar refractivity (Wildman–Crippen MR) is 69.6 cm³/mol. The van der Waals surface area contributed by atoms with Crippen molar-refractivity contribution in [2.24, 2.45) is 17.8 Å². The van der Waals surface area contributed by atoms with Gasteiger partial charge in [-0.25, -0.2) is 0 Å². The molecular formula is C14H23NO4. The highest BCUT2D eigenvalue weighted by atomic mass is 16.5. The van der Waals surface area contributed by atoms with Crippen molar-refractivity contribution in [2.75, 3.05) is 13.2 Å². The molecule has 2 rings (SSSR count). The molecule has 1 saturated carbocycles. The SMILES string of the molecule is CC1OCCCC1C(=O)NCC(CC1CC1)C(=O)O. The van der Waals surface area contributed by atoms with Crippen LogP contribution in [0, 0.1) is 17.8 Å². The highest BCUT2D eigenvalue weighted by Crippen LogP contribution is 2.35. The van der Waals surface area contributed by atoms with E-state index in [4.69, 9.17) is 9.84 Å². The lowest BCUT2D eigenvalue weighted by Crippen LogP contribution is -2.42. The molecule has 19 heavy (non-hydrogen) atoms. The molecule has 3 unspecified atom stereocenters. The van der Waals surface area contributed by atoms with E-state index >= 15 is 0 Å². The molecule has 0 aromatic rings. The highest BCUT2D eigenvalue weighted by Gasteiger charge is 2.32. The second kappa shape index (κ2) is 6.37. The van der Waals surface area contributed by atoms with Gasteiger partial charge in [0.25, 0.3) is 0 Å². The number of amides is 1. The molecule has 1 amide bonds. The Morgan fingerprint density at radius 1 is 1.37 bits per heavy atom. The smallest absolute Gasteiger partial charge is 0.308 e. The summed E-state index contributed by atoms with van der Waals surface area (Å²) >= 11 is 0. The molecule has 5 heteroatoms. The van der Waals surface area contributed by atoms with Crippen LogP contribution in [0.5, 0.6) is 0 Å². The van der Waals surface area contributed by atoms with Crippen LogP contribution in [0.15, 0.2) is 0 Å². The molecule has 0 radical (unpaired) electrons. The zero-order chi connectivity index (χ0) is 13.8. The van der Waals surface area contributed by atoms with Crippen molar-refractivity contribution in [3.05, 3.63) is 0 Å². The van der Waals surface area contributed by atoms with Crippen LogP contribution < -0.4 is 5.32 Å². The lowest BCUT2D eigenvalue weighted by molar-refractivity contribution is -0.142. The minimum Gasteiger partial charge on any atom is -0.481 e. The average Bonchev–Trinajstić information content (AvgIpc) is 3.18. The Hall–Kier alpha value is -1.10. The zero-order valence-corrected chi connectivity index (χ0v) is 11.4. The van der Waals surface area contributed by atoms with E-state index in [1.807, 2.05) is 6.92 Å². The maximum atomic E-state index is 12.1. The number of nitrogens with one attached hydrogen (secondary N) is 1. The van der Waals surface area contributed by atoms with E-state index < -0.39 is 11.9 Å². The van der Waals surface area contributed by atoms with Gasteiger partial charge in [-0.2, -0.15) is 0 Å². The van der Waals surface area contributed by atoms with Crippen molar-refractivity contribution in [3.63, 3.8) is 0 Å². The number of carboxylic acid groups (broad SMARTS) is 1. The van der Waals surface area contributed by atoms with Gasteiger partial charge in [-0.15, -0.1) is 0 Å². The largest absolute Gasteiger partial charge is 0.481 e. The molecule has 0 aromatic carbocycles. The first-order chi connectivity index (χ1) is 9.08. The van der Waals surface area contributed by atoms with E-state index in [0.717, 1.165) is 25.7 Å². The van der Waals surface area contributed by atoms with Crippen LogP contribution >= 0.6 is 0 Å². The molecule has 0 spiro atoms. The second-order valence-electron chi connectivity index (χ2n) is 5.78. The van der Waals surface area contributed by atoms with E-state index in [0.29, 0.717) is 18.9 Å². The number of aliphatic carboxylic acids is 1. The Labute approximate surface area is 113 Å². The van der Waals surface area contributed by atoms with Crippen LogP contribution in [0.4, 0.5) is 0 Å². The normalized spacial score (nSPS) is 28.7. The Bertz CT molecular complexity index is 340. The van der Waals surface area contributed by atoms with Gasteiger partial charge in [0, 0.05) is 13.2 Å². The standard InChI is InChI=1S/C14H23NO4/c1-9-12(3-2-6-19-9)13(16)15-8-11(14(17)18)7-10-4-5-10/h9-12H,2-8H2,1H3,(H,15,16)(H,17,18). The first-order valence-electron chi connectivity index (χ1n) is 7.20. The molecule has 0 aromatic heterocycles. The molecule has 1 aliphatic carbocycles. The third kappa shape index (κ3) is 4.20. The van der Waals surface area contributed by atoms with Gasteiger partial charge in [0.1, 0.15) is 0 Å². The minimum atomic E-state index is -0.805. The van der Waals surface area contributed by atoms with E-state index in [1.165, 1.54) is 0 Å². The van der Waals surface area contributed by atoms with Crippen molar-refractivity contribution < 1.29 is 19.4 Å². The number of carbonyl (C=O) groups excluding carboxylic acids is 1. The molecule has 5 nitrogen and oxygen atoms in total. The number of rotatable bonds is 6. The first-order valence-corrected chi connectivity index (χ1v) is 7.20. The molecule has 3 atom stereocenters. The minimum absolute atomic E-state index is 0.0609.